The molecule has 0 aliphatic carbocycles. The second-order valence-electron chi connectivity index (χ2n) is 16.6. The minimum absolute atomic E-state index is 0.0342. The number of rotatable bonds is 21. The predicted octanol–water partition coefficient (Wildman–Crippen LogP) is 1.28. The number of hydrogen-bond donors (Lipinski definition) is 9. The van der Waals surface area contributed by atoms with Gasteiger partial charge in [-0.25, -0.2) is 0 Å². The Morgan fingerprint density at radius 2 is 1.10 bits per heavy atom. The maximum atomic E-state index is 14.1. The number of benzene rings is 4. The van der Waals surface area contributed by atoms with Crippen molar-refractivity contribution in [2.75, 3.05) is 25.8 Å². The zero-order valence-corrected chi connectivity index (χ0v) is 39.0. The van der Waals surface area contributed by atoms with Crippen LogP contribution in [-0.4, -0.2) is 102 Å². The van der Waals surface area contributed by atoms with Gasteiger partial charge in [0.25, 0.3) is 0 Å². The number of amides is 6. The lowest BCUT2D eigenvalue weighted by molar-refractivity contribution is -0.141. The van der Waals surface area contributed by atoms with E-state index in [1.54, 1.807) is 30.3 Å². The predicted molar refractivity (Wildman–Crippen MR) is 264 cm³/mol. The molecule has 4 aromatic carbocycles. The molecular formula is C50H63N9O8P+. The molecule has 1 saturated heterocycles. The van der Waals surface area contributed by atoms with Crippen molar-refractivity contribution in [1.29, 1.82) is 0 Å². The minimum Gasteiger partial charge on any atom is -0.481 e. The Morgan fingerprint density at radius 1 is 0.603 bits per heavy atom. The second kappa shape index (κ2) is 26.9. The van der Waals surface area contributed by atoms with E-state index in [-0.39, 0.29) is 44.1 Å². The van der Waals surface area contributed by atoms with Gasteiger partial charge in [-0.05, 0) is 86.9 Å². The third-order valence-corrected chi connectivity index (χ3v) is 16.1. The number of unbranched alkanes of at least 4 members (excludes halogenated alkanes) is 2. The molecule has 0 aromatic heterocycles. The molecule has 11 N–H and O–H groups in total. The van der Waals surface area contributed by atoms with Crippen LogP contribution in [0.25, 0.3) is 0 Å². The fourth-order valence-electron chi connectivity index (χ4n) is 8.14. The number of nitrogens with two attached hydrogens (primary N) is 2. The van der Waals surface area contributed by atoms with E-state index >= 15 is 0 Å². The Morgan fingerprint density at radius 3 is 1.66 bits per heavy atom. The summed E-state index contributed by atoms with van der Waals surface area (Å²) >= 11 is 0. The first-order valence-electron chi connectivity index (χ1n) is 23.0. The molecule has 360 valence electrons. The lowest BCUT2D eigenvalue weighted by atomic mass is 10.0. The highest BCUT2D eigenvalue weighted by Crippen LogP contribution is 2.56. The number of carboxylic acid groups (broad SMARTS) is 1. The number of carbonyl (C=O) groups excluding carboxylic acids is 6. The van der Waals surface area contributed by atoms with Gasteiger partial charge in [-0.1, -0.05) is 84.9 Å². The van der Waals surface area contributed by atoms with Gasteiger partial charge in [0.1, 0.15) is 47.3 Å². The summed E-state index contributed by atoms with van der Waals surface area (Å²) in [7, 11) is -2.03. The zero-order chi connectivity index (χ0) is 48.7. The summed E-state index contributed by atoms with van der Waals surface area (Å²) < 4.78 is 0. The fraction of sp³-hybridized carbons (Fsp3) is 0.360. The molecule has 68 heavy (non-hydrogen) atoms. The van der Waals surface area contributed by atoms with E-state index in [2.05, 4.69) is 110 Å². The van der Waals surface area contributed by atoms with Crippen molar-refractivity contribution in [3.8, 4) is 0 Å². The first-order valence-corrected chi connectivity index (χ1v) is 24.9. The number of carboxylic acids is 1. The monoisotopic (exact) mass is 948 g/mol. The number of aliphatic imine (C=N–C) groups is 1. The van der Waals surface area contributed by atoms with Crippen LogP contribution < -0.4 is 59.3 Å². The van der Waals surface area contributed by atoms with Crippen LogP contribution in [0.1, 0.15) is 63.4 Å². The van der Waals surface area contributed by atoms with E-state index in [9.17, 15) is 38.7 Å². The molecular weight excluding hydrogens is 886 g/mol. The molecule has 0 bridgehead atoms. The van der Waals surface area contributed by atoms with Gasteiger partial charge in [0.2, 0.25) is 35.4 Å². The highest BCUT2D eigenvalue weighted by Gasteiger charge is 2.44. The van der Waals surface area contributed by atoms with Gasteiger partial charge in [-0.3, -0.25) is 38.6 Å². The van der Waals surface area contributed by atoms with Crippen molar-refractivity contribution in [3.05, 3.63) is 127 Å². The zero-order valence-electron chi connectivity index (χ0n) is 38.1. The molecule has 1 aliphatic rings. The minimum atomic E-state index is -2.03. The molecule has 0 unspecified atom stereocenters. The van der Waals surface area contributed by atoms with Crippen molar-refractivity contribution in [1.82, 2.24) is 31.9 Å². The summed E-state index contributed by atoms with van der Waals surface area (Å²) in [5, 5.41) is 29.2. The summed E-state index contributed by atoms with van der Waals surface area (Å²) in [6.07, 6.45) is 3.09. The summed E-state index contributed by atoms with van der Waals surface area (Å²) in [6.45, 7) is -0.193. The number of nitrogens with one attached hydrogen (secondary N) is 6. The van der Waals surface area contributed by atoms with Crippen LogP contribution in [0.3, 0.4) is 0 Å². The van der Waals surface area contributed by atoms with Crippen LogP contribution in [0, 0.1) is 0 Å². The second-order valence-corrected chi connectivity index (χ2v) is 20.2. The van der Waals surface area contributed by atoms with Gasteiger partial charge >= 0.3 is 5.97 Å². The average Bonchev–Trinajstić information content (AvgIpc) is 3.34. The molecule has 17 nitrogen and oxygen atoms in total. The highest BCUT2D eigenvalue weighted by molar-refractivity contribution is 7.95. The summed E-state index contributed by atoms with van der Waals surface area (Å²) in [5.74, 6) is -5.66. The van der Waals surface area contributed by atoms with E-state index in [1.807, 2.05) is 18.2 Å². The van der Waals surface area contributed by atoms with Crippen LogP contribution in [0.4, 0.5) is 0 Å². The summed E-state index contributed by atoms with van der Waals surface area (Å²) in [6, 6.07) is 35.2. The lowest BCUT2D eigenvalue weighted by Gasteiger charge is -2.27. The molecule has 6 amide bonds. The third-order valence-electron chi connectivity index (χ3n) is 11.6. The summed E-state index contributed by atoms with van der Waals surface area (Å²) in [5.41, 5.74) is 11.6. The lowest BCUT2D eigenvalue weighted by Crippen LogP contribution is -2.58. The van der Waals surface area contributed by atoms with Crippen LogP contribution in [0.2, 0.25) is 0 Å². The average molecular weight is 949 g/mol. The summed E-state index contributed by atoms with van der Waals surface area (Å²) in [4.78, 5) is 96.9. The molecule has 1 aliphatic heterocycles. The van der Waals surface area contributed by atoms with E-state index in [1.165, 1.54) is 15.9 Å². The molecule has 1 fully saturated rings. The number of carbonyl (C=O) groups is 7. The van der Waals surface area contributed by atoms with Crippen molar-refractivity contribution in [3.63, 3.8) is 0 Å². The Labute approximate surface area is 397 Å². The number of hydrogen-bond acceptors (Lipinski definition) is 8. The molecule has 4 aromatic rings. The Hall–Kier alpha value is -7.13. The molecule has 0 radical (unpaired) electrons. The van der Waals surface area contributed by atoms with Crippen molar-refractivity contribution in [2.45, 2.75) is 88.4 Å². The van der Waals surface area contributed by atoms with Gasteiger partial charge in [-0.15, -0.1) is 0 Å². The molecule has 4 atom stereocenters. The quantitative estimate of drug-likeness (QED) is 0.0250. The van der Waals surface area contributed by atoms with E-state index < -0.39 is 79.9 Å². The molecule has 18 heteroatoms. The van der Waals surface area contributed by atoms with Gasteiger partial charge in [-0.2, -0.15) is 0 Å². The fourth-order valence-corrected chi connectivity index (χ4v) is 12.6. The highest BCUT2D eigenvalue weighted by atomic mass is 31.2. The Bertz CT molecular complexity index is 2220. The largest absolute Gasteiger partial charge is 0.481 e. The number of aliphatic carboxylic acids is 1. The van der Waals surface area contributed by atoms with Gasteiger partial charge in [0.05, 0.1) is 19.1 Å². The first-order chi connectivity index (χ1) is 32.8. The van der Waals surface area contributed by atoms with Crippen LogP contribution in [0.15, 0.2) is 126 Å². The third kappa shape index (κ3) is 16.0. The smallest absolute Gasteiger partial charge is 0.305 e. The number of guanidine groups is 1. The maximum Gasteiger partial charge on any atom is 0.305 e. The normalized spacial score (nSPS) is 18.3. The maximum absolute atomic E-state index is 14.1. The van der Waals surface area contributed by atoms with Crippen molar-refractivity contribution in [2.24, 2.45) is 16.5 Å². The topological polar surface area (TPSA) is 276 Å². The Kier molecular flexibility index (Phi) is 20.5. The van der Waals surface area contributed by atoms with Crippen LogP contribution in [-0.2, 0) is 40.0 Å². The molecule has 1 heterocycles. The first kappa shape index (κ1) is 51.8. The molecule has 5 rings (SSSR count). The van der Waals surface area contributed by atoms with Crippen molar-refractivity contribution < 1.29 is 38.7 Å². The van der Waals surface area contributed by atoms with Crippen LogP contribution in [0.5, 0.6) is 0 Å². The van der Waals surface area contributed by atoms with Gasteiger partial charge in [0.15, 0.2) is 5.96 Å². The molecule has 0 saturated carbocycles. The Balaban J connectivity index is 1.26. The SMILES string of the molecule is NC(N)=NCCC[C@@H]1NC(=O)[C@H](CCCCNC(=O)CCCC[P+](c2ccccc2)(c2ccccc2)c2ccccc2)NC(=O)[C@@H](Cc2ccccc2)NC(=O)[C@H](CC(=O)O)NC(=O)CNC1=O. The van der Waals surface area contributed by atoms with E-state index in [4.69, 9.17) is 11.5 Å². The van der Waals surface area contributed by atoms with Crippen molar-refractivity contribution >= 4 is 70.5 Å². The van der Waals surface area contributed by atoms with Gasteiger partial charge < -0.3 is 48.5 Å². The number of nitrogens with zero attached hydrogens (tertiary/aromatic N) is 1. The van der Waals surface area contributed by atoms with E-state index in [0.717, 1.165) is 12.6 Å². The molecule has 0 spiro atoms. The standard InChI is InChI=1S/C50H62N9O8P/c51-50(52)54-30-17-27-39-46(64)55-34-44(61)56-42(33-45(62)63)49(67)59-41(32-35-18-5-1-6-19-35)48(66)58-40(47(65)57-39)26-13-15-29-53-43(60)28-14-16-31-68(36-20-7-2-8-21-36,37-22-9-3-10-23-37)38-24-11-4-12-25-38/h1-12,18-25,39-42H,13-17,26-34H2,(H10-,51,52,53,54,55,56,57,58,59,60,61,62,63,64,65,66,67)/p+1/t39-,40-,41+,42-/m0/s1. The van der Waals surface area contributed by atoms with Crippen LogP contribution >= 0.6 is 7.26 Å². The van der Waals surface area contributed by atoms with E-state index in [0.29, 0.717) is 37.8 Å². The van der Waals surface area contributed by atoms with Gasteiger partial charge in [0, 0.05) is 25.9 Å².